The standard InChI is InChI=1S/C16H22N2O2/c1-12(16(2,3)4)18-15(20)14-8-9-17-11-13(14)7-5-6-10-19/h8-9,11-12,19H,6,10H2,1-4H3,(H,18,20). The first-order valence-electron chi connectivity index (χ1n) is 6.71. The molecule has 2 N–H and O–H groups in total. The summed E-state index contributed by atoms with van der Waals surface area (Å²) in [5, 5.41) is 11.7. The molecule has 108 valence electrons. The summed E-state index contributed by atoms with van der Waals surface area (Å²) in [6.07, 6.45) is 3.53. The zero-order chi connectivity index (χ0) is 15.2. The predicted octanol–water partition coefficient (Wildman–Crippen LogP) is 1.98. The number of nitrogens with zero attached hydrogens (tertiary/aromatic N) is 1. The monoisotopic (exact) mass is 274 g/mol. The average Bonchev–Trinajstić information content (AvgIpc) is 2.38. The molecular weight excluding hydrogens is 252 g/mol. The van der Waals surface area contributed by atoms with Crippen LogP contribution in [0.3, 0.4) is 0 Å². The molecule has 0 bridgehead atoms. The first-order chi connectivity index (χ1) is 9.36. The number of carbonyl (C=O) groups excluding carboxylic acids is 1. The third-order valence-electron chi connectivity index (χ3n) is 3.17. The molecule has 1 atom stereocenters. The smallest absolute Gasteiger partial charge is 0.252 e. The summed E-state index contributed by atoms with van der Waals surface area (Å²) in [6, 6.07) is 1.70. The Morgan fingerprint density at radius 3 is 2.80 bits per heavy atom. The topological polar surface area (TPSA) is 62.2 Å². The summed E-state index contributed by atoms with van der Waals surface area (Å²) in [6.45, 7) is 8.22. The highest BCUT2D eigenvalue weighted by atomic mass is 16.2. The fourth-order valence-electron chi connectivity index (χ4n) is 1.40. The van der Waals surface area contributed by atoms with E-state index in [9.17, 15) is 4.79 Å². The second-order valence-corrected chi connectivity index (χ2v) is 5.76. The molecule has 1 unspecified atom stereocenters. The number of pyridine rings is 1. The molecule has 4 nitrogen and oxygen atoms in total. The van der Waals surface area contributed by atoms with Crippen LogP contribution < -0.4 is 5.32 Å². The Morgan fingerprint density at radius 1 is 1.50 bits per heavy atom. The number of carbonyl (C=O) groups is 1. The van der Waals surface area contributed by atoms with Crippen LogP contribution in [0.25, 0.3) is 0 Å². The molecule has 0 aliphatic heterocycles. The van der Waals surface area contributed by atoms with E-state index in [1.807, 2.05) is 6.92 Å². The van der Waals surface area contributed by atoms with Gasteiger partial charge in [-0.1, -0.05) is 32.6 Å². The number of nitrogens with one attached hydrogen (secondary N) is 1. The zero-order valence-electron chi connectivity index (χ0n) is 12.5. The lowest BCUT2D eigenvalue weighted by Gasteiger charge is -2.28. The second kappa shape index (κ2) is 7.06. The van der Waals surface area contributed by atoms with Crippen LogP contribution in [0, 0.1) is 17.3 Å². The lowest BCUT2D eigenvalue weighted by Crippen LogP contribution is -2.41. The van der Waals surface area contributed by atoms with Crippen molar-refractivity contribution < 1.29 is 9.90 Å². The molecule has 4 heteroatoms. The van der Waals surface area contributed by atoms with Crippen LogP contribution >= 0.6 is 0 Å². The number of hydrogen-bond acceptors (Lipinski definition) is 3. The van der Waals surface area contributed by atoms with E-state index in [-0.39, 0.29) is 24.0 Å². The van der Waals surface area contributed by atoms with Gasteiger partial charge in [-0.2, -0.15) is 0 Å². The Hall–Kier alpha value is -1.86. The summed E-state index contributed by atoms with van der Waals surface area (Å²) in [7, 11) is 0. The maximum atomic E-state index is 12.3. The van der Waals surface area contributed by atoms with Crippen molar-refractivity contribution in [2.24, 2.45) is 5.41 Å². The normalized spacial score (nSPS) is 12.2. The molecular formula is C16H22N2O2. The molecule has 1 aromatic heterocycles. The van der Waals surface area contributed by atoms with Crippen LogP contribution in [0.4, 0.5) is 0 Å². The predicted molar refractivity (Wildman–Crippen MR) is 79.2 cm³/mol. The van der Waals surface area contributed by atoms with Crippen LogP contribution in [0.1, 0.15) is 50.0 Å². The van der Waals surface area contributed by atoms with Crippen molar-refractivity contribution in [2.75, 3.05) is 6.61 Å². The summed E-state index contributed by atoms with van der Waals surface area (Å²) >= 11 is 0. The van der Waals surface area contributed by atoms with E-state index in [4.69, 9.17) is 5.11 Å². The SMILES string of the molecule is CC(NC(=O)c1ccncc1C#CCCO)C(C)(C)C. The Kier molecular flexibility index (Phi) is 5.72. The van der Waals surface area contributed by atoms with Crippen molar-refractivity contribution in [3.63, 3.8) is 0 Å². The van der Waals surface area contributed by atoms with Crippen LogP contribution in [-0.4, -0.2) is 28.6 Å². The third-order valence-corrected chi connectivity index (χ3v) is 3.17. The summed E-state index contributed by atoms with van der Waals surface area (Å²) in [5.74, 6) is 5.53. The molecule has 1 aromatic rings. The number of rotatable bonds is 3. The highest BCUT2D eigenvalue weighted by molar-refractivity contribution is 5.96. The van der Waals surface area contributed by atoms with Gasteiger partial charge in [0.2, 0.25) is 0 Å². The number of hydrogen-bond donors (Lipinski definition) is 2. The number of aliphatic hydroxyl groups is 1. The van der Waals surface area contributed by atoms with Crippen LogP contribution in [0.2, 0.25) is 0 Å². The van der Waals surface area contributed by atoms with Gasteiger partial charge in [-0.05, 0) is 18.4 Å². The van der Waals surface area contributed by atoms with E-state index < -0.39 is 0 Å². The molecule has 1 amide bonds. The van der Waals surface area contributed by atoms with E-state index >= 15 is 0 Å². The van der Waals surface area contributed by atoms with E-state index in [2.05, 4.69) is 42.9 Å². The highest BCUT2D eigenvalue weighted by Crippen LogP contribution is 2.19. The minimum Gasteiger partial charge on any atom is -0.395 e. The fourth-order valence-corrected chi connectivity index (χ4v) is 1.40. The quantitative estimate of drug-likeness (QED) is 0.828. The van der Waals surface area contributed by atoms with Crippen LogP contribution in [0.5, 0.6) is 0 Å². The van der Waals surface area contributed by atoms with Crippen molar-refractivity contribution in [2.45, 2.75) is 40.2 Å². The summed E-state index contributed by atoms with van der Waals surface area (Å²) < 4.78 is 0. The number of aromatic nitrogens is 1. The van der Waals surface area contributed by atoms with Gasteiger partial charge in [-0.25, -0.2) is 0 Å². The number of amides is 1. The Labute approximate surface area is 120 Å². The van der Waals surface area contributed by atoms with E-state index in [1.54, 1.807) is 18.5 Å². The third kappa shape index (κ3) is 4.67. The first kappa shape index (κ1) is 16.2. The molecule has 0 aliphatic rings. The van der Waals surface area contributed by atoms with Crippen molar-refractivity contribution in [1.82, 2.24) is 10.3 Å². The van der Waals surface area contributed by atoms with Gasteiger partial charge in [0.1, 0.15) is 0 Å². The molecule has 1 rings (SSSR count). The van der Waals surface area contributed by atoms with Gasteiger partial charge in [-0.3, -0.25) is 9.78 Å². The van der Waals surface area contributed by atoms with Crippen molar-refractivity contribution in [1.29, 1.82) is 0 Å². The van der Waals surface area contributed by atoms with Crippen molar-refractivity contribution in [3.05, 3.63) is 29.6 Å². The Balaban J connectivity index is 2.92. The molecule has 20 heavy (non-hydrogen) atoms. The van der Waals surface area contributed by atoms with Gasteiger partial charge >= 0.3 is 0 Å². The van der Waals surface area contributed by atoms with Crippen LogP contribution in [-0.2, 0) is 0 Å². The fraction of sp³-hybridized carbons (Fsp3) is 0.500. The molecule has 0 fully saturated rings. The van der Waals surface area contributed by atoms with E-state index in [1.165, 1.54) is 0 Å². The lowest BCUT2D eigenvalue weighted by atomic mass is 9.88. The molecule has 0 saturated carbocycles. The van der Waals surface area contributed by atoms with Gasteiger partial charge < -0.3 is 10.4 Å². The number of aliphatic hydroxyl groups excluding tert-OH is 1. The molecule has 0 saturated heterocycles. The van der Waals surface area contributed by atoms with Gasteiger partial charge in [-0.15, -0.1) is 0 Å². The molecule has 0 aromatic carbocycles. The molecule has 0 spiro atoms. The largest absolute Gasteiger partial charge is 0.395 e. The van der Waals surface area contributed by atoms with Gasteiger partial charge in [0.05, 0.1) is 17.7 Å². The zero-order valence-corrected chi connectivity index (χ0v) is 12.5. The lowest BCUT2D eigenvalue weighted by molar-refractivity contribution is 0.0910. The Morgan fingerprint density at radius 2 is 2.20 bits per heavy atom. The molecule has 1 heterocycles. The molecule has 0 aliphatic carbocycles. The average molecular weight is 274 g/mol. The van der Waals surface area contributed by atoms with E-state index in [0.717, 1.165) is 0 Å². The van der Waals surface area contributed by atoms with Gasteiger partial charge in [0.25, 0.3) is 5.91 Å². The minimum atomic E-state index is -0.150. The van der Waals surface area contributed by atoms with E-state index in [0.29, 0.717) is 17.5 Å². The molecule has 0 radical (unpaired) electrons. The summed E-state index contributed by atoms with van der Waals surface area (Å²) in [5.41, 5.74) is 1.09. The Bertz CT molecular complexity index is 521. The van der Waals surface area contributed by atoms with Crippen LogP contribution in [0.15, 0.2) is 18.5 Å². The maximum absolute atomic E-state index is 12.3. The summed E-state index contributed by atoms with van der Waals surface area (Å²) in [4.78, 5) is 16.3. The highest BCUT2D eigenvalue weighted by Gasteiger charge is 2.22. The van der Waals surface area contributed by atoms with Gasteiger partial charge in [0, 0.05) is 24.9 Å². The second-order valence-electron chi connectivity index (χ2n) is 5.76. The minimum absolute atomic E-state index is 0.00851. The van der Waals surface area contributed by atoms with Crippen molar-refractivity contribution in [3.8, 4) is 11.8 Å². The first-order valence-corrected chi connectivity index (χ1v) is 6.71. The van der Waals surface area contributed by atoms with Crippen molar-refractivity contribution >= 4 is 5.91 Å². The maximum Gasteiger partial charge on any atom is 0.252 e. The van der Waals surface area contributed by atoms with Gasteiger partial charge in [0.15, 0.2) is 0 Å².